The average molecular weight is 275 g/mol. The van der Waals surface area contributed by atoms with Gasteiger partial charge < -0.3 is 5.32 Å². The number of nitrogen functional groups attached to an aromatic ring is 1. The summed E-state index contributed by atoms with van der Waals surface area (Å²) in [5.41, 5.74) is 3.21. The molecule has 7 heteroatoms. The average Bonchev–Trinajstić information content (AvgIpc) is 2.47. The van der Waals surface area contributed by atoms with Gasteiger partial charge in [0, 0.05) is 11.9 Å². The summed E-state index contributed by atoms with van der Waals surface area (Å²) >= 11 is 1.40. The molecule has 0 fully saturated rings. The predicted molar refractivity (Wildman–Crippen MR) is 75.2 cm³/mol. The highest BCUT2D eigenvalue weighted by Gasteiger charge is 2.13. The minimum atomic E-state index is -0.439. The van der Waals surface area contributed by atoms with E-state index in [1.165, 1.54) is 18.0 Å². The fraction of sp³-hybridized carbons (Fsp3) is 0.0833. The van der Waals surface area contributed by atoms with Gasteiger partial charge in [-0.25, -0.2) is 15.8 Å². The Morgan fingerprint density at radius 3 is 2.68 bits per heavy atom. The van der Waals surface area contributed by atoms with Gasteiger partial charge in [0.2, 0.25) is 0 Å². The van der Waals surface area contributed by atoms with Crippen molar-refractivity contribution in [1.82, 2.24) is 15.4 Å². The molecule has 1 aromatic heterocycles. The molecule has 0 saturated carbocycles. The van der Waals surface area contributed by atoms with Gasteiger partial charge in [-0.2, -0.15) is 0 Å². The first kappa shape index (κ1) is 13.3. The summed E-state index contributed by atoms with van der Waals surface area (Å²) in [6, 6.07) is 9.45. The van der Waals surface area contributed by atoms with E-state index in [0.29, 0.717) is 16.5 Å². The van der Waals surface area contributed by atoms with Gasteiger partial charge in [-0.05, 0) is 18.4 Å². The number of carbonyl (C=O) groups is 1. The molecule has 6 nitrogen and oxygen atoms in total. The first-order valence-electron chi connectivity index (χ1n) is 5.48. The van der Waals surface area contributed by atoms with E-state index >= 15 is 0 Å². The number of thioether (sulfide) groups is 1. The van der Waals surface area contributed by atoms with Crippen LogP contribution in [0.3, 0.4) is 0 Å². The zero-order valence-electron chi connectivity index (χ0n) is 10.3. The van der Waals surface area contributed by atoms with E-state index in [4.69, 9.17) is 5.84 Å². The maximum atomic E-state index is 11.7. The van der Waals surface area contributed by atoms with Crippen molar-refractivity contribution in [2.75, 3.05) is 11.6 Å². The second-order valence-corrected chi connectivity index (χ2v) is 4.36. The van der Waals surface area contributed by atoms with E-state index in [0.717, 1.165) is 5.69 Å². The molecule has 1 heterocycles. The monoisotopic (exact) mass is 275 g/mol. The van der Waals surface area contributed by atoms with Crippen LogP contribution in [0, 0.1) is 0 Å². The number of hydrogen-bond acceptors (Lipinski definition) is 6. The molecule has 1 amide bonds. The van der Waals surface area contributed by atoms with Crippen LogP contribution >= 0.6 is 11.8 Å². The highest BCUT2D eigenvalue weighted by molar-refractivity contribution is 7.98. The molecule has 2 aromatic rings. The molecule has 0 aliphatic heterocycles. The topological polar surface area (TPSA) is 92.9 Å². The molecule has 0 aliphatic rings. The number of anilines is 2. The standard InChI is InChI=1S/C12H13N5OS/c1-19-12-14-7-9(11(18)17-13)10(16-12)15-8-5-3-2-4-6-8/h2-7H,13H2,1H3,(H,17,18)(H,14,15,16). The fourth-order valence-corrected chi connectivity index (χ4v) is 1.80. The Balaban J connectivity index is 2.38. The molecule has 0 aliphatic carbocycles. The van der Waals surface area contributed by atoms with Crippen LogP contribution in [-0.2, 0) is 0 Å². The summed E-state index contributed by atoms with van der Waals surface area (Å²) < 4.78 is 0. The van der Waals surface area contributed by atoms with E-state index in [2.05, 4.69) is 20.7 Å². The van der Waals surface area contributed by atoms with E-state index < -0.39 is 5.91 Å². The van der Waals surface area contributed by atoms with Crippen molar-refractivity contribution >= 4 is 29.2 Å². The summed E-state index contributed by atoms with van der Waals surface area (Å²) in [7, 11) is 0. The summed E-state index contributed by atoms with van der Waals surface area (Å²) in [4.78, 5) is 20.0. The Hall–Kier alpha value is -2.12. The SMILES string of the molecule is CSc1ncc(C(=O)NN)c(Nc2ccccc2)n1. The van der Waals surface area contributed by atoms with Crippen molar-refractivity contribution in [1.29, 1.82) is 0 Å². The van der Waals surface area contributed by atoms with E-state index in [-0.39, 0.29) is 0 Å². The number of hydrazine groups is 1. The lowest BCUT2D eigenvalue weighted by molar-refractivity contribution is 0.0953. The van der Waals surface area contributed by atoms with Gasteiger partial charge >= 0.3 is 0 Å². The smallest absolute Gasteiger partial charge is 0.270 e. The molecule has 0 radical (unpaired) electrons. The zero-order chi connectivity index (χ0) is 13.7. The van der Waals surface area contributed by atoms with Crippen molar-refractivity contribution in [3.05, 3.63) is 42.1 Å². The number of benzene rings is 1. The van der Waals surface area contributed by atoms with Gasteiger partial charge in [0.1, 0.15) is 11.4 Å². The van der Waals surface area contributed by atoms with Crippen molar-refractivity contribution in [3.63, 3.8) is 0 Å². The van der Waals surface area contributed by atoms with Crippen molar-refractivity contribution < 1.29 is 4.79 Å². The number of amides is 1. The van der Waals surface area contributed by atoms with E-state index in [1.54, 1.807) is 0 Å². The van der Waals surface area contributed by atoms with Crippen molar-refractivity contribution in [2.45, 2.75) is 5.16 Å². The van der Waals surface area contributed by atoms with Gasteiger partial charge in [0.25, 0.3) is 5.91 Å². The molecule has 2 rings (SSSR count). The number of para-hydroxylation sites is 1. The van der Waals surface area contributed by atoms with E-state index in [1.807, 2.05) is 36.6 Å². The number of aromatic nitrogens is 2. The van der Waals surface area contributed by atoms with Crippen LogP contribution in [0.2, 0.25) is 0 Å². The number of nitrogens with two attached hydrogens (primary N) is 1. The third-order valence-corrected chi connectivity index (χ3v) is 2.92. The number of nitrogens with one attached hydrogen (secondary N) is 2. The Morgan fingerprint density at radius 2 is 2.05 bits per heavy atom. The molecule has 4 N–H and O–H groups in total. The third-order valence-electron chi connectivity index (χ3n) is 2.36. The quantitative estimate of drug-likeness (QED) is 0.258. The van der Waals surface area contributed by atoms with Crippen LogP contribution in [-0.4, -0.2) is 22.1 Å². The Labute approximate surface area is 114 Å². The summed E-state index contributed by atoms with van der Waals surface area (Å²) in [6.45, 7) is 0. The molecule has 0 unspecified atom stereocenters. The number of carbonyl (C=O) groups excluding carboxylic acids is 1. The minimum Gasteiger partial charge on any atom is -0.339 e. The lowest BCUT2D eigenvalue weighted by atomic mass is 10.2. The Morgan fingerprint density at radius 1 is 1.32 bits per heavy atom. The molecule has 0 spiro atoms. The lowest BCUT2D eigenvalue weighted by Crippen LogP contribution is -2.31. The maximum Gasteiger partial charge on any atom is 0.270 e. The number of nitrogens with zero attached hydrogens (tertiary/aromatic N) is 2. The molecule has 1 aromatic carbocycles. The van der Waals surface area contributed by atoms with Gasteiger partial charge in [-0.1, -0.05) is 30.0 Å². The normalized spacial score (nSPS) is 10.0. The summed E-state index contributed by atoms with van der Waals surface area (Å²) in [5.74, 6) is 5.13. The maximum absolute atomic E-state index is 11.7. The largest absolute Gasteiger partial charge is 0.339 e. The van der Waals surface area contributed by atoms with E-state index in [9.17, 15) is 4.79 Å². The Bertz CT molecular complexity index is 576. The second-order valence-electron chi connectivity index (χ2n) is 3.58. The lowest BCUT2D eigenvalue weighted by Gasteiger charge is -2.10. The van der Waals surface area contributed by atoms with Crippen LogP contribution in [0.15, 0.2) is 41.7 Å². The van der Waals surface area contributed by atoms with Crippen molar-refractivity contribution in [3.8, 4) is 0 Å². The Kier molecular flexibility index (Phi) is 4.32. The molecule has 98 valence electrons. The fourth-order valence-electron chi connectivity index (χ4n) is 1.46. The summed E-state index contributed by atoms with van der Waals surface area (Å²) in [6.07, 6.45) is 3.32. The molecule has 0 saturated heterocycles. The highest BCUT2D eigenvalue weighted by atomic mass is 32.2. The molecule has 0 bridgehead atoms. The van der Waals surface area contributed by atoms with Gasteiger partial charge in [-0.3, -0.25) is 10.2 Å². The molecule has 19 heavy (non-hydrogen) atoms. The van der Waals surface area contributed by atoms with Crippen LogP contribution < -0.4 is 16.6 Å². The number of rotatable bonds is 4. The zero-order valence-corrected chi connectivity index (χ0v) is 11.1. The minimum absolute atomic E-state index is 0.296. The van der Waals surface area contributed by atoms with Crippen LogP contribution in [0.5, 0.6) is 0 Å². The van der Waals surface area contributed by atoms with Crippen LogP contribution in [0.1, 0.15) is 10.4 Å². The second kappa shape index (κ2) is 6.17. The first-order valence-corrected chi connectivity index (χ1v) is 6.71. The van der Waals surface area contributed by atoms with Crippen LogP contribution in [0.25, 0.3) is 0 Å². The van der Waals surface area contributed by atoms with Gasteiger partial charge in [0.05, 0.1) is 0 Å². The van der Waals surface area contributed by atoms with Gasteiger partial charge in [0.15, 0.2) is 5.16 Å². The molecular formula is C12H13N5OS. The number of hydrogen-bond donors (Lipinski definition) is 3. The van der Waals surface area contributed by atoms with Crippen molar-refractivity contribution in [2.24, 2.45) is 5.84 Å². The molecular weight excluding hydrogens is 262 g/mol. The molecule has 0 atom stereocenters. The highest BCUT2D eigenvalue weighted by Crippen LogP contribution is 2.20. The summed E-state index contributed by atoms with van der Waals surface area (Å²) in [5, 5.41) is 3.66. The predicted octanol–water partition coefficient (Wildman–Crippen LogP) is 1.55. The van der Waals surface area contributed by atoms with Gasteiger partial charge in [-0.15, -0.1) is 0 Å². The third kappa shape index (κ3) is 3.21. The first-order chi connectivity index (χ1) is 9.24. The van der Waals surface area contributed by atoms with Crippen LogP contribution in [0.4, 0.5) is 11.5 Å².